The van der Waals surface area contributed by atoms with Crippen molar-refractivity contribution in [3.05, 3.63) is 29.3 Å². The van der Waals surface area contributed by atoms with Gasteiger partial charge in [0.15, 0.2) is 0 Å². The summed E-state index contributed by atoms with van der Waals surface area (Å²) in [6.07, 6.45) is 2.55. The molecule has 0 saturated carbocycles. The standard InChI is InChI=1S/C15H22N2S/c1-10-7-8-12(3)17(9-10)14-11(2)5-4-6-13(14)15(16)18/h4-6,10,12H,7-9H2,1-3H3,(H2,16,18). The van der Waals surface area contributed by atoms with E-state index in [0.717, 1.165) is 18.0 Å². The van der Waals surface area contributed by atoms with Crippen molar-refractivity contribution in [2.45, 2.75) is 39.7 Å². The number of rotatable bonds is 2. The average Bonchev–Trinajstić information content (AvgIpc) is 2.32. The zero-order valence-corrected chi connectivity index (χ0v) is 12.3. The minimum atomic E-state index is 0.499. The highest BCUT2D eigenvalue weighted by atomic mass is 32.1. The lowest BCUT2D eigenvalue weighted by molar-refractivity contribution is 0.390. The number of thiocarbonyl (C=S) groups is 1. The lowest BCUT2D eigenvalue weighted by atomic mass is 9.93. The molecule has 1 heterocycles. The van der Waals surface area contributed by atoms with Gasteiger partial charge in [-0.3, -0.25) is 0 Å². The zero-order chi connectivity index (χ0) is 13.3. The number of hydrogen-bond acceptors (Lipinski definition) is 2. The van der Waals surface area contributed by atoms with Crippen LogP contribution in [-0.2, 0) is 0 Å². The Balaban J connectivity index is 2.45. The summed E-state index contributed by atoms with van der Waals surface area (Å²) in [6, 6.07) is 6.78. The highest BCUT2D eigenvalue weighted by Gasteiger charge is 2.26. The molecule has 1 aliphatic rings. The van der Waals surface area contributed by atoms with E-state index in [1.165, 1.54) is 24.1 Å². The van der Waals surface area contributed by atoms with Gasteiger partial charge >= 0.3 is 0 Å². The second-order valence-corrected chi connectivity index (χ2v) is 5.96. The summed E-state index contributed by atoms with van der Waals surface area (Å²) in [5.74, 6) is 0.736. The Hall–Kier alpha value is -1.09. The van der Waals surface area contributed by atoms with Crippen LogP contribution in [-0.4, -0.2) is 17.6 Å². The fraction of sp³-hybridized carbons (Fsp3) is 0.533. The zero-order valence-electron chi connectivity index (χ0n) is 11.4. The molecule has 0 aliphatic carbocycles. The first kappa shape index (κ1) is 13.3. The molecule has 0 radical (unpaired) electrons. The average molecular weight is 262 g/mol. The Bertz CT molecular complexity index is 456. The quantitative estimate of drug-likeness (QED) is 0.830. The lowest BCUT2D eigenvalue weighted by Gasteiger charge is -2.40. The van der Waals surface area contributed by atoms with E-state index in [4.69, 9.17) is 18.0 Å². The molecule has 2 rings (SSSR count). The van der Waals surface area contributed by atoms with Gasteiger partial charge in [0.1, 0.15) is 4.99 Å². The number of nitrogens with zero attached hydrogens (tertiary/aromatic N) is 1. The van der Waals surface area contributed by atoms with Gasteiger partial charge in [0.2, 0.25) is 0 Å². The Morgan fingerprint density at radius 3 is 2.72 bits per heavy atom. The fourth-order valence-corrected chi connectivity index (χ4v) is 3.00. The van der Waals surface area contributed by atoms with Gasteiger partial charge in [-0.15, -0.1) is 0 Å². The third-order valence-corrected chi connectivity index (χ3v) is 4.13. The second kappa shape index (κ2) is 5.27. The van der Waals surface area contributed by atoms with E-state index < -0.39 is 0 Å². The van der Waals surface area contributed by atoms with Crippen LogP contribution >= 0.6 is 12.2 Å². The summed E-state index contributed by atoms with van der Waals surface area (Å²) >= 11 is 5.20. The molecule has 18 heavy (non-hydrogen) atoms. The number of piperidine rings is 1. The maximum absolute atomic E-state index is 5.87. The molecule has 2 unspecified atom stereocenters. The van der Waals surface area contributed by atoms with E-state index in [9.17, 15) is 0 Å². The van der Waals surface area contributed by atoms with E-state index in [-0.39, 0.29) is 0 Å². The van der Waals surface area contributed by atoms with Crippen molar-refractivity contribution < 1.29 is 0 Å². The molecular weight excluding hydrogens is 240 g/mol. The summed E-state index contributed by atoms with van der Waals surface area (Å²) in [7, 11) is 0. The van der Waals surface area contributed by atoms with Crippen molar-refractivity contribution in [1.82, 2.24) is 0 Å². The predicted octanol–water partition coefficient (Wildman–Crippen LogP) is 3.25. The van der Waals surface area contributed by atoms with Crippen molar-refractivity contribution in [1.29, 1.82) is 0 Å². The van der Waals surface area contributed by atoms with Gasteiger partial charge in [0.05, 0.1) is 5.69 Å². The first-order chi connectivity index (χ1) is 8.50. The molecule has 0 bridgehead atoms. The molecule has 2 atom stereocenters. The van der Waals surface area contributed by atoms with Gasteiger partial charge in [-0.25, -0.2) is 0 Å². The molecule has 1 aromatic rings. The van der Waals surface area contributed by atoms with Crippen molar-refractivity contribution in [2.24, 2.45) is 11.7 Å². The van der Waals surface area contributed by atoms with E-state index in [1.54, 1.807) is 0 Å². The molecule has 1 aliphatic heterocycles. The second-order valence-electron chi connectivity index (χ2n) is 5.52. The van der Waals surface area contributed by atoms with Crippen molar-refractivity contribution in [3.8, 4) is 0 Å². The number of aryl methyl sites for hydroxylation is 1. The van der Waals surface area contributed by atoms with Crippen LogP contribution in [0.25, 0.3) is 0 Å². The van der Waals surface area contributed by atoms with Gasteiger partial charge < -0.3 is 10.6 Å². The van der Waals surface area contributed by atoms with E-state index in [1.807, 2.05) is 12.1 Å². The van der Waals surface area contributed by atoms with Crippen LogP contribution in [0.15, 0.2) is 18.2 Å². The van der Waals surface area contributed by atoms with Crippen LogP contribution in [0.4, 0.5) is 5.69 Å². The Labute approximate surface area is 115 Å². The predicted molar refractivity (Wildman–Crippen MR) is 82.3 cm³/mol. The van der Waals surface area contributed by atoms with Gasteiger partial charge in [0, 0.05) is 18.2 Å². The lowest BCUT2D eigenvalue weighted by Crippen LogP contribution is -2.42. The van der Waals surface area contributed by atoms with E-state index >= 15 is 0 Å². The first-order valence-corrected chi connectivity index (χ1v) is 7.07. The topological polar surface area (TPSA) is 29.3 Å². The van der Waals surface area contributed by atoms with Crippen LogP contribution in [0.2, 0.25) is 0 Å². The highest BCUT2D eigenvalue weighted by Crippen LogP contribution is 2.32. The van der Waals surface area contributed by atoms with E-state index in [2.05, 4.69) is 31.7 Å². The Morgan fingerprint density at radius 2 is 2.06 bits per heavy atom. The fourth-order valence-electron chi connectivity index (χ4n) is 2.84. The monoisotopic (exact) mass is 262 g/mol. The van der Waals surface area contributed by atoms with Crippen LogP contribution < -0.4 is 10.6 Å². The summed E-state index contributed by atoms with van der Waals surface area (Å²) in [4.78, 5) is 2.98. The summed E-state index contributed by atoms with van der Waals surface area (Å²) < 4.78 is 0. The number of anilines is 1. The minimum absolute atomic E-state index is 0.499. The van der Waals surface area contributed by atoms with Gasteiger partial charge in [-0.05, 0) is 44.2 Å². The molecule has 2 nitrogen and oxygen atoms in total. The summed E-state index contributed by atoms with van der Waals surface area (Å²) in [6.45, 7) is 7.85. The molecule has 1 fully saturated rings. The van der Waals surface area contributed by atoms with Crippen LogP contribution in [0.3, 0.4) is 0 Å². The van der Waals surface area contributed by atoms with Gasteiger partial charge in [0.25, 0.3) is 0 Å². The highest BCUT2D eigenvalue weighted by molar-refractivity contribution is 7.80. The van der Waals surface area contributed by atoms with Crippen LogP contribution in [0.1, 0.15) is 37.8 Å². The largest absolute Gasteiger partial charge is 0.389 e. The van der Waals surface area contributed by atoms with Gasteiger partial charge in [-0.2, -0.15) is 0 Å². The molecule has 2 N–H and O–H groups in total. The number of para-hydroxylation sites is 1. The molecule has 1 saturated heterocycles. The maximum Gasteiger partial charge on any atom is 0.106 e. The number of hydrogen-bond donors (Lipinski definition) is 1. The van der Waals surface area contributed by atoms with Crippen molar-refractivity contribution in [2.75, 3.05) is 11.4 Å². The van der Waals surface area contributed by atoms with Crippen LogP contribution in [0.5, 0.6) is 0 Å². The number of benzene rings is 1. The minimum Gasteiger partial charge on any atom is -0.389 e. The first-order valence-electron chi connectivity index (χ1n) is 6.66. The van der Waals surface area contributed by atoms with Crippen LogP contribution in [0, 0.1) is 12.8 Å². The third kappa shape index (κ3) is 2.51. The molecular formula is C15H22N2S. The molecule has 1 aromatic carbocycles. The molecule has 0 aromatic heterocycles. The van der Waals surface area contributed by atoms with Crippen molar-refractivity contribution in [3.63, 3.8) is 0 Å². The summed E-state index contributed by atoms with van der Waals surface area (Å²) in [5, 5.41) is 0. The van der Waals surface area contributed by atoms with Gasteiger partial charge in [-0.1, -0.05) is 31.3 Å². The SMILES string of the molecule is Cc1cccc(C(N)=S)c1N1CC(C)CCC1C. The molecule has 0 spiro atoms. The molecule has 98 valence electrons. The molecule has 0 amide bonds. The maximum atomic E-state index is 5.87. The normalized spacial score (nSPS) is 24.1. The Morgan fingerprint density at radius 1 is 1.33 bits per heavy atom. The number of nitrogens with two attached hydrogens (primary N) is 1. The summed E-state index contributed by atoms with van der Waals surface area (Å²) in [5.41, 5.74) is 9.40. The Kier molecular flexibility index (Phi) is 3.91. The smallest absolute Gasteiger partial charge is 0.106 e. The van der Waals surface area contributed by atoms with Crippen molar-refractivity contribution >= 4 is 22.9 Å². The van der Waals surface area contributed by atoms with E-state index in [0.29, 0.717) is 11.0 Å². The molecule has 3 heteroatoms. The third-order valence-electron chi connectivity index (χ3n) is 3.91.